The predicted octanol–water partition coefficient (Wildman–Crippen LogP) is 1.49. The number of hydrogen-bond donors (Lipinski definition) is 1. The maximum absolute atomic E-state index is 8.79. The Morgan fingerprint density at radius 2 is 1.27 bits per heavy atom. The maximum atomic E-state index is 8.79. The van der Waals surface area contributed by atoms with Crippen LogP contribution in [0.3, 0.4) is 0 Å². The molecule has 0 fully saturated rings. The van der Waals surface area contributed by atoms with Gasteiger partial charge in [0.15, 0.2) is 0 Å². The number of phenolic OH excluding ortho intramolecular Hbond substituents is 1. The van der Waals surface area contributed by atoms with Crippen LogP contribution in [0.2, 0.25) is 5.02 Å². The summed E-state index contributed by atoms with van der Waals surface area (Å²) in [6.07, 6.45) is 0. The number of rotatable bonds is 0. The molecule has 0 aromatic heterocycles. The van der Waals surface area contributed by atoms with Gasteiger partial charge in [-0.25, -0.2) is 0 Å². The minimum Gasteiger partial charge on any atom is -0.506 e. The van der Waals surface area contributed by atoms with Crippen molar-refractivity contribution < 1.29 is 36.9 Å². The maximum Gasteiger partial charge on any atom is 0.134 e. The molecule has 0 radical (unpaired) electrons. The molecule has 4 nitrogen and oxygen atoms in total. The van der Waals surface area contributed by atoms with Crippen molar-refractivity contribution in [2.75, 3.05) is 0 Å². The van der Waals surface area contributed by atoms with Crippen LogP contribution in [0.15, 0.2) is 24.3 Å². The van der Waals surface area contributed by atoms with Crippen molar-refractivity contribution in [1.29, 1.82) is 0 Å². The largest absolute Gasteiger partial charge is 0.506 e. The molecule has 1 rings (SSSR count). The topological polar surface area (TPSA) is 71.4 Å². The average molecular weight is 271 g/mol. The van der Waals surface area contributed by atoms with Crippen molar-refractivity contribution >= 4 is 32.0 Å². The molecule has 0 aliphatic rings. The predicted molar refractivity (Wildman–Crippen MR) is 54.5 cm³/mol. The molecule has 1 aromatic carbocycles. The summed E-state index contributed by atoms with van der Waals surface area (Å²) in [5.41, 5.74) is 0. The second-order valence-electron chi connectivity index (χ2n) is 1.45. The van der Waals surface area contributed by atoms with E-state index in [1.54, 1.807) is 24.3 Å². The number of phenols is 1. The summed E-state index contributed by atoms with van der Waals surface area (Å²) in [7, 11) is 0. The first-order chi connectivity index (χ1) is 6.80. The first kappa shape index (κ1) is 23.6. The van der Waals surface area contributed by atoms with Gasteiger partial charge in [-0.1, -0.05) is 23.7 Å². The van der Waals surface area contributed by atoms with Crippen molar-refractivity contribution in [1.82, 2.24) is 0 Å². The molecule has 0 amide bonds. The molecule has 0 saturated heterocycles. The Morgan fingerprint density at radius 3 is 1.47 bits per heavy atom. The van der Waals surface area contributed by atoms with Gasteiger partial charge in [0, 0.05) is 17.4 Å². The molecule has 0 aliphatic carbocycles. The molecule has 0 bridgehead atoms. The Bertz CT molecular complexity index is 209. The molecule has 1 aromatic rings. The van der Waals surface area contributed by atoms with Crippen molar-refractivity contribution in [3.63, 3.8) is 0 Å². The van der Waals surface area contributed by atoms with Gasteiger partial charge in [-0.15, -0.1) is 0 Å². The zero-order valence-corrected chi connectivity index (χ0v) is 9.92. The van der Waals surface area contributed by atoms with E-state index >= 15 is 0 Å². The molecule has 15 heavy (non-hydrogen) atoms. The number of para-hydroxylation sites is 1. The van der Waals surface area contributed by atoms with Crippen LogP contribution < -0.4 is 0 Å². The minimum atomic E-state index is 0. The van der Waals surface area contributed by atoms with Gasteiger partial charge in [0.25, 0.3) is 0 Å². The summed E-state index contributed by atoms with van der Waals surface area (Å²) in [4.78, 5) is 24.0. The zero-order valence-electron chi connectivity index (χ0n) is 7.89. The summed E-state index contributed by atoms with van der Waals surface area (Å²) < 4.78 is 0. The fraction of sp³-hybridized carbons (Fsp3) is 0. The fourth-order valence-corrected chi connectivity index (χ4v) is 0.587. The smallest absolute Gasteiger partial charge is 0.134 e. The Balaban J connectivity index is -0.0000000755. The van der Waals surface area contributed by atoms with Gasteiger partial charge in [0.2, 0.25) is 0 Å². The van der Waals surface area contributed by atoms with E-state index in [-0.39, 0.29) is 23.1 Å². The Kier molecular flexibility index (Phi) is 36.2. The van der Waals surface area contributed by atoms with Crippen LogP contribution in [0.4, 0.5) is 0 Å². The number of carbonyl (C=O) groups excluding carboxylic acids is 3. The average Bonchev–Trinajstić information content (AvgIpc) is 2.31. The fourth-order valence-electron chi connectivity index (χ4n) is 0.452. The van der Waals surface area contributed by atoms with Gasteiger partial charge in [-0.3, -0.25) is 0 Å². The van der Waals surface area contributed by atoms with Gasteiger partial charge in [-0.05, 0) is 12.1 Å². The summed E-state index contributed by atoms with van der Waals surface area (Å²) in [5.74, 6) is 0.133. The second kappa shape index (κ2) is 23.0. The number of benzene rings is 1. The third kappa shape index (κ3) is 15.6. The quantitative estimate of drug-likeness (QED) is 0.775. The first-order valence-electron chi connectivity index (χ1n) is 3.11. The van der Waals surface area contributed by atoms with E-state index in [0.717, 1.165) is 0 Å². The molecule has 1 N–H and O–H groups in total. The number of hydrogen-bond acceptors (Lipinski definition) is 4. The second-order valence-corrected chi connectivity index (χ2v) is 1.86. The summed E-state index contributed by atoms with van der Waals surface area (Å²) >= 11 is 5.46. The van der Waals surface area contributed by atoms with Crippen LogP contribution in [0, 0.1) is 0 Å². The van der Waals surface area contributed by atoms with Crippen LogP contribution in [-0.2, 0) is 31.7 Å². The normalized spacial score (nSPS) is 5.67. The van der Waals surface area contributed by atoms with Crippen molar-refractivity contribution in [2.45, 2.75) is 0 Å². The monoisotopic (exact) mass is 270 g/mol. The summed E-state index contributed by atoms with van der Waals surface area (Å²) in [6.45, 7) is 6.00. The van der Waals surface area contributed by atoms with Crippen molar-refractivity contribution in [3.8, 4) is 5.75 Å². The van der Waals surface area contributed by atoms with Crippen LogP contribution in [0.25, 0.3) is 0 Å². The van der Waals surface area contributed by atoms with Gasteiger partial charge in [0.05, 0.1) is 5.02 Å². The van der Waals surface area contributed by atoms with Gasteiger partial charge < -0.3 is 19.5 Å². The van der Waals surface area contributed by atoms with Crippen LogP contribution >= 0.6 is 11.6 Å². The van der Waals surface area contributed by atoms with E-state index in [9.17, 15) is 0 Å². The molecule has 0 spiro atoms. The third-order valence-corrected chi connectivity index (χ3v) is 1.17. The molecular formula is C9H11ClCrO4. The van der Waals surface area contributed by atoms with Crippen LogP contribution in [0.5, 0.6) is 5.75 Å². The van der Waals surface area contributed by atoms with Gasteiger partial charge >= 0.3 is 0 Å². The van der Waals surface area contributed by atoms with E-state index in [2.05, 4.69) is 0 Å². The Morgan fingerprint density at radius 1 is 0.933 bits per heavy atom. The molecule has 0 saturated carbocycles. The van der Waals surface area contributed by atoms with Crippen molar-refractivity contribution in [3.05, 3.63) is 29.3 Å². The number of halogens is 1. The minimum absolute atomic E-state index is 0. The number of carbonyl (C=O) groups is 3. The van der Waals surface area contributed by atoms with E-state index in [1.807, 2.05) is 20.4 Å². The van der Waals surface area contributed by atoms with Gasteiger partial charge in [-0.2, -0.15) is 0 Å². The Hall–Kier alpha value is -1.15. The van der Waals surface area contributed by atoms with Crippen LogP contribution in [0.1, 0.15) is 0 Å². The SMILES string of the molecule is C=O.C=O.C=O.Oc1ccccc1Cl.[Cr]. The van der Waals surface area contributed by atoms with E-state index in [0.29, 0.717) is 5.02 Å². The molecule has 84 valence electrons. The first-order valence-corrected chi connectivity index (χ1v) is 3.48. The number of aromatic hydroxyl groups is 1. The summed E-state index contributed by atoms with van der Waals surface area (Å²) in [5, 5.41) is 9.18. The summed E-state index contributed by atoms with van der Waals surface area (Å²) in [6, 6.07) is 6.67. The zero-order chi connectivity index (χ0) is 12.0. The van der Waals surface area contributed by atoms with E-state index in [4.69, 9.17) is 31.1 Å². The molecule has 0 atom stereocenters. The molecule has 0 unspecified atom stereocenters. The molecule has 6 heteroatoms. The van der Waals surface area contributed by atoms with Crippen LogP contribution in [-0.4, -0.2) is 25.5 Å². The standard InChI is InChI=1S/C6H5ClO.3CH2O.Cr/c7-5-3-1-2-4-6(5)8;3*1-2;/h1-4,8H;3*1H2;. The Labute approximate surface area is 104 Å². The van der Waals surface area contributed by atoms with Crippen molar-refractivity contribution in [2.24, 2.45) is 0 Å². The molecular weight excluding hydrogens is 260 g/mol. The molecule has 0 heterocycles. The van der Waals surface area contributed by atoms with E-state index < -0.39 is 0 Å². The molecule has 0 aliphatic heterocycles. The van der Waals surface area contributed by atoms with Gasteiger partial charge in [0.1, 0.15) is 26.1 Å². The van der Waals surface area contributed by atoms with E-state index in [1.165, 1.54) is 0 Å². The third-order valence-electron chi connectivity index (χ3n) is 0.852.